The second kappa shape index (κ2) is 5.30. The van der Waals surface area contributed by atoms with E-state index in [1.165, 1.54) is 0 Å². The number of hydrogen-bond acceptors (Lipinski definition) is 3. The van der Waals surface area contributed by atoms with Crippen molar-refractivity contribution in [3.63, 3.8) is 0 Å². The van der Waals surface area contributed by atoms with Gasteiger partial charge in [0.1, 0.15) is 5.54 Å². The fraction of sp³-hybridized carbons (Fsp3) is 0.222. The number of nitrogens with one attached hydrogen (secondary N) is 1. The number of Topliss-reactive ketones (excluding diaryl/α,β-unsaturated/α-hetero) is 1. The Hall–Kier alpha value is -2.62. The van der Waals surface area contributed by atoms with E-state index in [0.717, 1.165) is 11.4 Å². The predicted molar refractivity (Wildman–Crippen MR) is 87.3 cm³/mol. The summed E-state index contributed by atoms with van der Waals surface area (Å²) in [6, 6.07) is 16.6. The van der Waals surface area contributed by atoms with Crippen molar-refractivity contribution in [2.45, 2.75) is 19.4 Å². The number of carbonyl (C=O) groups excluding carboxylic acids is 2. The molecule has 0 radical (unpaired) electrons. The smallest absolute Gasteiger partial charge is 0.252 e. The molecule has 1 N–H and O–H groups in total. The van der Waals surface area contributed by atoms with Crippen LogP contribution in [0.25, 0.3) is 0 Å². The lowest BCUT2D eigenvalue weighted by molar-refractivity contribution is -0.122. The molecule has 2 aromatic carbocycles. The molecule has 22 heavy (non-hydrogen) atoms. The van der Waals surface area contributed by atoms with Crippen molar-refractivity contribution in [1.29, 1.82) is 0 Å². The summed E-state index contributed by atoms with van der Waals surface area (Å²) in [4.78, 5) is 26.7. The number of carbonyl (C=O) groups is 2. The summed E-state index contributed by atoms with van der Waals surface area (Å²) in [5, 5.41) is 3.23. The predicted octanol–water partition coefficient (Wildman–Crippen LogP) is 3.11. The highest BCUT2D eigenvalue weighted by molar-refractivity contribution is 6.12. The Morgan fingerprint density at radius 1 is 1.05 bits per heavy atom. The fourth-order valence-electron chi connectivity index (χ4n) is 2.67. The molecule has 0 spiro atoms. The van der Waals surface area contributed by atoms with Crippen LogP contribution >= 0.6 is 0 Å². The maximum atomic E-state index is 12.7. The first-order valence-electron chi connectivity index (χ1n) is 7.26. The zero-order chi connectivity index (χ0) is 15.7. The number of anilines is 2. The summed E-state index contributed by atoms with van der Waals surface area (Å²) in [5.74, 6) is -0.170. The molecule has 0 aliphatic carbocycles. The van der Waals surface area contributed by atoms with Crippen molar-refractivity contribution in [3.05, 3.63) is 60.2 Å². The third-order valence-corrected chi connectivity index (χ3v) is 3.82. The van der Waals surface area contributed by atoms with Gasteiger partial charge in [0.05, 0.1) is 17.9 Å². The van der Waals surface area contributed by atoms with Gasteiger partial charge < -0.3 is 10.2 Å². The third-order valence-electron chi connectivity index (χ3n) is 3.82. The van der Waals surface area contributed by atoms with Gasteiger partial charge in [-0.3, -0.25) is 9.59 Å². The first-order chi connectivity index (χ1) is 10.5. The van der Waals surface area contributed by atoms with Crippen molar-refractivity contribution >= 4 is 23.1 Å². The molecule has 1 amide bonds. The molecule has 4 heteroatoms. The van der Waals surface area contributed by atoms with Crippen molar-refractivity contribution in [2.75, 3.05) is 16.8 Å². The molecule has 0 aromatic heterocycles. The molecule has 0 atom stereocenters. The van der Waals surface area contributed by atoms with Gasteiger partial charge in [0.15, 0.2) is 5.78 Å². The van der Waals surface area contributed by atoms with Gasteiger partial charge in [-0.25, -0.2) is 0 Å². The van der Waals surface area contributed by atoms with Gasteiger partial charge in [-0.05, 0) is 26.0 Å². The van der Waals surface area contributed by atoms with Gasteiger partial charge in [-0.1, -0.05) is 42.5 Å². The molecule has 2 aromatic rings. The van der Waals surface area contributed by atoms with Crippen molar-refractivity contribution in [3.8, 4) is 0 Å². The van der Waals surface area contributed by atoms with E-state index in [0.29, 0.717) is 5.56 Å². The van der Waals surface area contributed by atoms with Crippen LogP contribution in [-0.4, -0.2) is 23.8 Å². The van der Waals surface area contributed by atoms with Crippen LogP contribution in [0.3, 0.4) is 0 Å². The Kier molecular flexibility index (Phi) is 3.45. The van der Waals surface area contributed by atoms with Crippen molar-refractivity contribution in [2.24, 2.45) is 0 Å². The SMILES string of the molecule is CC1(C)Nc2ccccc2N(CC(=O)c2ccccc2)C1=O. The highest BCUT2D eigenvalue weighted by atomic mass is 16.2. The summed E-state index contributed by atoms with van der Waals surface area (Å²) in [7, 11) is 0. The van der Waals surface area contributed by atoms with E-state index in [1.807, 2.05) is 56.3 Å². The zero-order valence-electron chi connectivity index (χ0n) is 12.7. The standard InChI is InChI=1S/C18H18N2O2/c1-18(2)17(22)20(15-11-7-6-10-14(15)19-18)12-16(21)13-8-4-3-5-9-13/h3-11,19H,12H2,1-2H3. The normalized spacial score (nSPS) is 15.9. The van der Waals surface area contributed by atoms with Gasteiger partial charge in [0, 0.05) is 5.56 Å². The molecule has 0 saturated heterocycles. The number of para-hydroxylation sites is 2. The van der Waals surface area contributed by atoms with Crippen LogP contribution in [0.15, 0.2) is 54.6 Å². The number of rotatable bonds is 3. The maximum Gasteiger partial charge on any atom is 0.252 e. The number of amides is 1. The Labute approximate surface area is 129 Å². The van der Waals surface area contributed by atoms with Crippen molar-refractivity contribution in [1.82, 2.24) is 0 Å². The van der Waals surface area contributed by atoms with E-state index in [1.54, 1.807) is 17.0 Å². The quantitative estimate of drug-likeness (QED) is 0.885. The number of hydrogen-bond donors (Lipinski definition) is 1. The van der Waals surface area contributed by atoms with Gasteiger partial charge in [0.2, 0.25) is 0 Å². The van der Waals surface area contributed by atoms with Gasteiger partial charge in [-0.2, -0.15) is 0 Å². The molecular weight excluding hydrogens is 276 g/mol. The van der Waals surface area contributed by atoms with E-state index in [-0.39, 0.29) is 18.2 Å². The lowest BCUT2D eigenvalue weighted by atomic mass is 9.97. The summed E-state index contributed by atoms with van der Waals surface area (Å²) < 4.78 is 0. The Morgan fingerprint density at radius 2 is 1.68 bits per heavy atom. The minimum absolute atomic E-state index is 0.0466. The molecule has 0 fully saturated rings. The van der Waals surface area contributed by atoms with Crippen LogP contribution in [0.2, 0.25) is 0 Å². The van der Waals surface area contributed by atoms with Gasteiger partial charge in [-0.15, -0.1) is 0 Å². The molecule has 0 saturated carbocycles. The summed E-state index contributed by atoms with van der Waals surface area (Å²) in [6.07, 6.45) is 0. The summed E-state index contributed by atoms with van der Waals surface area (Å²) in [6.45, 7) is 3.70. The van der Waals surface area contributed by atoms with E-state index >= 15 is 0 Å². The van der Waals surface area contributed by atoms with Gasteiger partial charge >= 0.3 is 0 Å². The van der Waals surface area contributed by atoms with Crippen LogP contribution in [-0.2, 0) is 4.79 Å². The van der Waals surface area contributed by atoms with Crippen LogP contribution in [0.5, 0.6) is 0 Å². The Morgan fingerprint density at radius 3 is 2.41 bits per heavy atom. The highest BCUT2D eigenvalue weighted by Crippen LogP contribution is 2.34. The number of nitrogens with zero attached hydrogens (tertiary/aromatic N) is 1. The summed E-state index contributed by atoms with van der Waals surface area (Å²) >= 11 is 0. The van der Waals surface area contributed by atoms with Crippen LogP contribution in [0, 0.1) is 0 Å². The number of ketones is 1. The van der Waals surface area contributed by atoms with E-state index < -0.39 is 5.54 Å². The van der Waals surface area contributed by atoms with Crippen LogP contribution in [0.4, 0.5) is 11.4 Å². The lowest BCUT2D eigenvalue weighted by Crippen LogP contribution is -2.55. The fourth-order valence-corrected chi connectivity index (χ4v) is 2.67. The average molecular weight is 294 g/mol. The molecule has 1 aliphatic heterocycles. The van der Waals surface area contributed by atoms with Crippen LogP contribution in [0.1, 0.15) is 24.2 Å². The molecule has 4 nitrogen and oxygen atoms in total. The van der Waals surface area contributed by atoms with Crippen molar-refractivity contribution < 1.29 is 9.59 Å². The third kappa shape index (κ3) is 2.48. The number of benzene rings is 2. The average Bonchev–Trinajstić information content (AvgIpc) is 2.52. The first kappa shape index (κ1) is 14.3. The second-order valence-electron chi connectivity index (χ2n) is 5.95. The maximum absolute atomic E-state index is 12.7. The molecule has 0 unspecified atom stereocenters. The molecule has 1 aliphatic rings. The van der Waals surface area contributed by atoms with E-state index in [9.17, 15) is 9.59 Å². The monoisotopic (exact) mass is 294 g/mol. The van der Waals surface area contributed by atoms with E-state index in [4.69, 9.17) is 0 Å². The minimum atomic E-state index is -0.731. The largest absolute Gasteiger partial charge is 0.370 e. The minimum Gasteiger partial charge on any atom is -0.370 e. The van der Waals surface area contributed by atoms with Crippen LogP contribution < -0.4 is 10.2 Å². The zero-order valence-corrected chi connectivity index (χ0v) is 12.7. The topological polar surface area (TPSA) is 49.4 Å². The molecule has 0 bridgehead atoms. The summed E-state index contributed by atoms with van der Waals surface area (Å²) in [5.41, 5.74) is 1.50. The molecule has 112 valence electrons. The van der Waals surface area contributed by atoms with Gasteiger partial charge in [0.25, 0.3) is 5.91 Å². The van der Waals surface area contributed by atoms with E-state index in [2.05, 4.69) is 5.32 Å². The highest BCUT2D eigenvalue weighted by Gasteiger charge is 2.39. The molecular formula is C18H18N2O2. The molecule has 3 rings (SSSR count). The molecule has 1 heterocycles. The number of fused-ring (bicyclic) bond motifs is 1. The lowest BCUT2D eigenvalue weighted by Gasteiger charge is -2.39. The first-order valence-corrected chi connectivity index (χ1v) is 7.26. The Bertz CT molecular complexity index is 723. The Balaban J connectivity index is 1.95. The second-order valence-corrected chi connectivity index (χ2v) is 5.95.